The number of esters is 1. The molecule has 4 rings (SSSR count). The second-order valence-electron chi connectivity index (χ2n) is 8.74. The summed E-state index contributed by atoms with van der Waals surface area (Å²) >= 11 is 0. The van der Waals surface area contributed by atoms with Gasteiger partial charge in [-0.3, -0.25) is 9.59 Å². The van der Waals surface area contributed by atoms with E-state index in [1.807, 2.05) is 20.8 Å². The van der Waals surface area contributed by atoms with E-state index in [0.717, 1.165) is 43.4 Å². The molecule has 0 spiro atoms. The van der Waals surface area contributed by atoms with Gasteiger partial charge in [-0.1, -0.05) is 6.92 Å². The van der Waals surface area contributed by atoms with Gasteiger partial charge in [-0.05, 0) is 76.5 Å². The summed E-state index contributed by atoms with van der Waals surface area (Å²) in [5, 5.41) is 0. The quantitative estimate of drug-likeness (QED) is 0.693. The van der Waals surface area contributed by atoms with Gasteiger partial charge >= 0.3 is 5.97 Å². The number of ether oxygens (including phenoxy) is 1. The van der Waals surface area contributed by atoms with Crippen molar-refractivity contribution in [1.29, 1.82) is 0 Å². The highest BCUT2D eigenvalue weighted by Gasteiger charge is 2.53. The average molecular weight is 306 g/mol. The minimum absolute atomic E-state index is 0.0541. The van der Waals surface area contributed by atoms with Gasteiger partial charge in [-0.15, -0.1) is 0 Å². The number of Topliss-reactive ketones (excluding diaryl/α,β-unsaturated/α-hetero) is 1. The van der Waals surface area contributed by atoms with Gasteiger partial charge in [0.25, 0.3) is 0 Å². The zero-order valence-electron chi connectivity index (χ0n) is 14.3. The zero-order valence-corrected chi connectivity index (χ0v) is 14.3. The van der Waals surface area contributed by atoms with E-state index in [-0.39, 0.29) is 18.0 Å². The van der Waals surface area contributed by atoms with Crippen molar-refractivity contribution in [2.45, 2.75) is 72.1 Å². The standard InChI is InChI=1S/C19H30O3/c1-4-18(2,3)17(21)22-6-5-16(20)19-10-13-7-14(11-19)9-15(8-13)12-19/h13-15H,4-12H2,1-3H3. The minimum Gasteiger partial charge on any atom is -0.465 e. The van der Waals surface area contributed by atoms with Crippen LogP contribution in [0.2, 0.25) is 0 Å². The van der Waals surface area contributed by atoms with E-state index in [2.05, 4.69) is 0 Å². The van der Waals surface area contributed by atoms with Crippen LogP contribution in [0.5, 0.6) is 0 Å². The van der Waals surface area contributed by atoms with Gasteiger partial charge in [0.1, 0.15) is 5.78 Å². The minimum atomic E-state index is -0.441. The SMILES string of the molecule is CCC(C)(C)C(=O)OCCC(=O)C12CC3CC(CC(C3)C1)C2. The van der Waals surface area contributed by atoms with Gasteiger partial charge in [0.15, 0.2) is 0 Å². The van der Waals surface area contributed by atoms with E-state index in [1.165, 1.54) is 19.3 Å². The van der Waals surface area contributed by atoms with Crippen LogP contribution in [0, 0.1) is 28.6 Å². The van der Waals surface area contributed by atoms with Gasteiger partial charge < -0.3 is 4.74 Å². The van der Waals surface area contributed by atoms with Crippen LogP contribution in [-0.4, -0.2) is 18.4 Å². The van der Waals surface area contributed by atoms with Gasteiger partial charge in [-0.25, -0.2) is 0 Å². The summed E-state index contributed by atoms with van der Waals surface area (Å²) in [6.07, 6.45) is 8.54. The van der Waals surface area contributed by atoms with Crippen LogP contribution in [0.3, 0.4) is 0 Å². The first-order valence-corrected chi connectivity index (χ1v) is 9.05. The Hall–Kier alpha value is -0.860. The maximum atomic E-state index is 12.8. The smallest absolute Gasteiger partial charge is 0.311 e. The molecule has 124 valence electrons. The second-order valence-corrected chi connectivity index (χ2v) is 8.74. The first kappa shape index (κ1) is 16.0. The Balaban J connectivity index is 1.54. The summed E-state index contributed by atoms with van der Waals surface area (Å²) in [5.41, 5.74) is -0.495. The molecule has 4 fully saturated rings. The Morgan fingerprint density at radius 1 is 1.05 bits per heavy atom. The Bertz CT molecular complexity index is 428. The molecule has 4 bridgehead atoms. The highest BCUT2D eigenvalue weighted by molar-refractivity contribution is 5.85. The van der Waals surface area contributed by atoms with Crippen molar-refractivity contribution in [2.75, 3.05) is 6.61 Å². The number of carbonyl (C=O) groups is 2. The Kier molecular flexibility index (Phi) is 4.11. The van der Waals surface area contributed by atoms with E-state index in [4.69, 9.17) is 4.74 Å². The molecule has 4 aliphatic carbocycles. The second kappa shape index (κ2) is 5.65. The molecule has 22 heavy (non-hydrogen) atoms. The molecule has 4 aliphatic rings. The van der Waals surface area contributed by atoms with Crippen molar-refractivity contribution in [3.05, 3.63) is 0 Å². The number of carbonyl (C=O) groups excluding carboxylic acids is 2. The summed E-state index contributed by atoms with van der Waals surface area (Å²) in [4.78, 5) is 24.8. The van der Waals surface area contributed by atoms with Gasteiger partial charge in [0.2, 0.25) is 0 Å². The molecule has 3 heteroatoms. The average Bonchev–Trinajstić information content (AvgIpc) is 2.45. The van der Waals surface area contributed by atoms with Crippen LogP contribution in [-0.2, 0) is 14.3 Å². The predicted molar refractivity (Wildman–Crippen MR) is 85.3 cm³/mol. The molecule has 4 saturated carbocycles. The molecule has 0 aliphatic heterocycles. The van der Waals surface area contributed by atoms with E-state index >= 15 is 0 Å². The lowest BCUT2D eigenvalue weighted by atomic mass is 9.48. The normalized spacial score (nSPS) is 36.4. The molecular weight excluding hydrogens is 276 g/mol. The molecule has 0 unspecified atom stereocenters. The molecule has 0 saturated heterocycles. The first-order chi connectivity index (χ1) is 10.3. The predicted octanol–water partition coefficient (Wildman–Crippen LogP) is 4.14. The molecule has 3 nitrogen and oxygen atoms in total. The third kappa shape index (κ3) is 2.83. The fourth-order valence-corrected chi connectivity index (χ4v) is 5.29. The zero-order chi connectivity index (χ0) is 16.0. The molecule has 0 aromatic rings. The van der Waals surface area contributed by atoms with Gasteiger partial charge in [-0.2, -0.15) is 0 Å². The molecule has 0 aromatic heterocycles. The maximum Gasteiger partial charge on any atom is 0.311 e. The third-order valence-corrected chi connectivity index (χ3v) is 6.63. The van der Waals surface area contributed by atoms with E-state index in [1.54, 1.807) is 0 Å². The summed E-state index contributed by atoms with van der Waals surface area (Å²) < 4.78 is 5.37. The number of hydrogen-bond donors (Lipinski definition) is 0. The lowest BCUT2D eigenvalue weighted by molar-refractivity contribution is -0.156. The van der Waals surface area contributed by atoms with Crippen molar-refractivity contribution in [3.8, 4) is 0 Å². The molecule has 0 heterocycles. The van der Waals surface area contributed by atoms with Crippen molar-refractivity contribution in [1.82, 2.24) is 0 Å². The monoisotopic (exact) mass is 306 g/mol. The topological polar surface area (TPSA) is 43.4 Å². The van der Waals surface area contributed by atoms with Crippen molar-refractivity contribution in [3.63, 3.8) is 0 Å². The Morgan fingerprint density at radius 2 is 1.55 bits per heavy atom. The summed E-state index contributed by atoms with van der Waals surface area (Å²) in [7, 11) is 0. The molecule has 0 radical (unpaired) electrons. The maximum absolute atomic E-state index is 12.8. The number of hydrogen-bond acceptors (Lipinski definition) is 3. The van der Waals surface area contributed by atoms with E-state index < -0.39 is 5.41 Å². The first-order valence-electron chi connectivity index (χ1n) is 9.05. The van der Waals surface area contributed by atoms with Crippen LogP contribution in [0.15, 0.2) is 0 Å². The van der Waals surface area contributed by atoms with Crippen LogP contribution in [0.4, 0.5) is 0 Å². The van der Waals surface area contributed by atoms with Crippen LogP contribution in [0.1, 0.15) is 72.1 Å². The fourth-order valence-electron chi connectivity index (χ4n) is 5.29. The van der Waals surface area contributed by atoms with Crippen molar-refractivity contribution < 1.29 is 14.3 Å². The summed E-state index contributed by atoms with van der Waals surface area (Å²) in [6.45, 7) is 6.05. The van der Waals surface area contributed by atoms with Crippen molar-refractivity contribution >= 4 is 11.8 Å². The van der Waals surface area contributed by atoms with Gasteiger partial charge in [0.05, 0.1) is 12.0 Å². The lowest BCUT2D eigenvalue weighted by Crippen LogP contribution is -2.50. The van der Waals surface area contributed by atoms with Crippen LogP contribution < -0.4 is 0 Å². The Labute approximate surface area is 134 Å². The largest absolute Gasteiger partial charge is 0.465 e. The van der Waals surface area contributed by atoms with Crippen LogP contribution >= 0.6 is 0 Å². The van der Waals surface area contributed by atoms with E-state index in [9.17, 15) is 9.59 Å². The molecule has 0 atom stereocenters. The summed E-state index contributed by atoms with van der Waals surface area (Å²) in [6, 6.07) is 0. The third-order valence-electron chi connectivity index (χ3n) is 6.63. The fraction of sp³-hybridized carbons (Fsp3) is 0.895. The summed E-state index contributed by atoms with van der Waals surface area (Å²) in [5.74, 6) is 2.56. The molecular formula is C19H30O3. The molecule has 0 N–H and O–H groups in total. The number of ketones is 1. The Morgan fingerprint density at radius 3 is 2.00 bits per heavy atom. The van der Waals surface area contributed by atoms with Crippen LogP contribution in [0.25, 0.3) is 0 Å². The highest BCUT2D eigenvalue weighted by atomic mass is 16.5. The lowest BCUT2D eigenvalue weighted by Gasteiger charge is -2.56. The molecule has 0 aromatic carbocycles. The molecule has 0 amide bonds. The highest BCUT2D eigenvalue weighted by Crippen LogP contribution is 2.60. The van der Waals surface area contributed by atoms with Crippen molar-refractivity contribution in [2.24, 2.45) is 28.6 Å². The van der Waals surface area contributed by atoms with Gasteiger partial charge in [0, 0.05) is 11.8 Å². The number of rotatable bonds is 6. The van der Waals surface area contributed by atoms with E-state index in [0.29, 0.717) is 12.2 Å².